The largest absolute Gasteiger partial charge is 0.483 e. The first-order chi connectivity index (χ1) is 16.9. The Labute approximate surface area is 224 Å². The summed E-state index contributed by atoms with van der Waals surface area (Å²) >= 11 is 7.04. The fourth-order valence-electron chi connectivity index (χ4n) is 3.78. The van der Waals surface area contributed by atoms with Crippen molar-refractivity contribution in [1.29, 1.82) is 0 Å². The Kier molecular flexibility index (Phi) is 10.4. The first-order valence-corrected chi connectivity index (χ1v) is 13.3. The Morgan fingerprint density at radius 3 is 2.31 bits per heavy atom. The lowest BCUT2D eigenvalue weighted by Crippen LogP contribution is -2.51. The van der Waals surface area contributed by atoms with E-state index in [4.69, 9.17) is 4.74 Å². The second-order valence-electron chi connectivity index (χ2n) is 8.16. The van der Waals surface area contributed by atoms with Crippen molar-refractivity contribution in [3.05, 3.63) is 98.4 Å². The van der Waals surface area contributed by atoms with Crippen molar-refractivity contribution in [2.24, 2.45) is 0 Å². The number of hydrogen-bond donors (Lipinski definition) is 1. The van der Waals surface area contributed by atoms with Gasteiger partial charge in [0.05, 0.1) is 4.47 Å². The number of benzene rings is 3. The van der Waals surface area contributed by atoms with Gasteiger partial charge in [-0.1, -0.05) is 71.4 Å². The SMILES string of the molecule is CCNC(=O)C(Cc1ccccc1)N(Cc1cccc(Br)c1)C(=O)COc1ccc(CC)cc1Br. The van der Waals surface area contributed by atoms with E-state index in [0.717, 1.165) is 26.5 Å². The maximum atomic E-state index is 13.6. The summed E-state index contributed by atoms with van der Waals surface area (Å²) in [5.74, 6) is 0.146. The van der Waals surface area contributed by atoms with Crippen LogP contribution in [0.3, 0.4) is 0 Å². The molecule has 1 N–H and O–H groups in total. The van der Waals surface area contributed by atoms with Crippen LogP contribution < -0.4 is 10.1 Å². The summed E-state index contributed by atoms with van der Waals surface area (Å²) < 4.78 is 7.61. The smallest absolute Gasteiger partial charge is 0.261 e. The first kappa shape index (κ1) is 27.0. The van der Waals surface area contributed by atoms with E-state index in [0.29, 0.717) is 18.7 Å². The van der Waals surface area contributed by atoms with Gasteiger partial charge in [0.25, 0.3) is 5.91 Å². The summed E-state index contributed by atoms with van der Waals surface area (Å²) in [6, 6.07) is 22.7. The number of nitrogens with one attached hydrogen (secondary N) is 1. The standard InChI is InChI=1S/C28H30Br2N2O3/c1-3-20-13-14-26(24(30)16-20)35-19-27(33)32(18-22-11-8-12-23(29)15-22)25(28(34)31-4-2)17-21-9-6-5-7-10-21/h5-16,25H,3-4,17-19H2,1-2H3,(H,31,34). The van der Waals surface area contributed by atoms with Gasteiger partial charge >= 0.3 is 0 Å². The Hall–Kier alpha value is -2.64. The Morgan fingerprint density at radius 1 is 0.914 bits per heavy atom. The lowest BCUT2D eigenvalue weighted by atomic mass is 10.0. The zero-order valence-corrected chi connectivity index (χ0v) is 23.1. The highest BCUT2D eigenvalue weighted by Crippen LogP contribution is 2.26. The zero-order chi connectivity index (χ0) is 25.2. The van der Waals surface area contributed by atoms with Gasteiger partial charge in [-0.3, -0.25) is 9.59 Å². The number of halogens is 2. The third-order valence-electron chi connectivity index (χ3n) is 5.62. The van der Waals surface area contributed by atoms with Crippen LogP contribution >= 0.6 is 31.9 Å². The summed E-state index contributed by atoms with van der Waals surface area (Å²) in [7, 11) is 0. The van der Waals surface area contributed by atoms with E-state index >= 15 is 0 Å². The fraction of sp³-hybridized carbons (Fsp3) is 0.286. The number of ether oxygens (including phenoxy) is 1. The van der Waals surface area contributed by atoms with Crippen LogP contribution in [0.25, 0.3) is 0 Å². The van der Waals surface area contributed by atoms with Gasteiger partial charge in [0.15, 0.2) is 6.61 Å². The molecule has 1 unspecified atom stereocenters. The number of rotatable bonds is 11. The van der Waals surface area contributed by atoms with Crippen LogP contribution in [-0.4, -0.2) is 35.9 Å². The predicted octanol–water partition coefficient (Wildman–Crippen LogP) is 5.93. The number of nitrogens with zero attached hydrogens (tertiary/aromatic N) is 1. The molecule has 0 aliphatic rings. The molecule has 35 heavy (non-hydrogen) atoms. The van der Waals surface area contributed by atoms with Gasteiger partial charge in [0.2, 0.25) is 5.91 Å². The molecule has 3 aromatic rings. The number of likely N-dealkylation sites (N-methyl/N-ethyl adjacent to an activating group) is 1. The molecule has 0 spiro atoms. The minimum Gasteiger partial charge on any atom is -0.483 e. The van der Waals surface area contributed by atoms with Crippen molar-refractivity contribution < 1.29 is 14.3 Å². The number of hydrogen-bond acceptors (Lipinski definition) is 3. The van der Waals surface area contributed by atoms with Gasteiger partial charge in [-0.15, -0.1) is 0 Å². The van der Waals surface area contributed by atoms with Gasteiger partial charge in [-0.25, -0.2) is 0 Å². The molecule has 184 valence electrons. The molecular formula is C28H30Br2N2O3. The quantitative estimate of drug-likeness (QED) is 0.296. The van der Waals surface area contributed by atoms with Gasteiger partial charge in [-0.05, 0) is 70.2 Å². The Bertz CT molecular complexity index is 1140. The molecular weight excluding hydrogens is 572 g/mol. The maximum Gasteiger partial charge on any atom is 0.261 e. The van der Waals surface area contributed by atoms with Crippen LogP contribution in [0.2, 0.25) is 0 Å². The van der Waals surface area contributed by atoms with Crippen molar-refractivity contribution in [3.63, 3.8) is 0 Å². The summed E-state index contributed by atoms with van der Waals surface area (Å²) in [6.45, 7) is 4.55. The molecule has 0 aromatic heterocycles. The molecule has 2 amide bonds. The molecule has 0 bridgehead atoms. The molecule has 5 nitrogen and oxygen atoms in total. The average molecular weight is 602 g/mol. The highest BCUT2D eigenvalue weighted by molar-refractivity contribution is 9.10. The number of aryl methyl sites for hydroxylation is 1. The summed E-state index contributed by atoms with van der Waals surface area (Å²) in [4.78, 5) is 28.4. The van der Waals surface area contributed by atoms with Crippen LogP contribution in [0.15, 0.2) is 81.7 Å². The minimum absolute atomic E-state index is 0.178. The highest BCUT2D eigenvalue weighted by Gasteiger charge is 2.30. The van der Waals surface area contributed by atoms with Crippen molar-refractivity contribution in [3.8, 4) is 5.75 Å². The summed E-state index contributed by atoms with van der Waals surface area (Å²) in [6.07, 6.45) is 1.31. The molecule has 0 radical (unpaired) electrons. The van der Waals surface area contributed by atoms with E-state index in [1.807, 2.05) is 79.7 Å². The third kappa shape index (κ3) is 7.94. The molecule has 3 rings (SSSR count). The van der Waals surface area contributed by atoms with E-state index < -0.39 is 6.04 Å². The normalized spacial score (nSPS) is 11.5. The first-order valence-electron chi connectivity index (χ1n) is 11.7. The Morgan fingerprint density at radius 2 is 1.66 bits per heavy atom. The van der Waals surface area contributed by atoms with E-state index in [1.54, 1.807) is 4.90 Å². The van der Waals surface area contributed by atoms with E-state index in [1.165, 1.54) is 5.56 Å². The summed E-state index contributed by atoms with van der Waals surface area (Å²) in [5.41, 5.74) is 3.07. The average Bonchev–Trinajstić information content (AvgIpc) is 2.86. The van der Waals surface area contributed by atoms with E-state index in [2.05, 4.69) is 44.1 Å². The highest BCUT2D eigenvalue weighted by atomic mass is 79.9. The molecule has 0 saturated carbocycles. The number of amides is 2. The van der Waals surface area contributed by atoms with E-state index in [9.17, 15) is 9.59 Å². The molecule has 1 atom stereocenters. The number of carbonyl (C=O) groups excluding carboxylic acids is 2. The molecule has 0 fully saturated rings. The van der Waals surface area contributed by atoms with Gasteiger partial charge in [0.1, 0.15) is 11.8 Å². The molecule has 7 heteroatoms. The van der Waals surface area contributed by atoms with Crippen molar-refractivity contribution in [2.75, 3.05) is 13.2 Å². The van der Waals surface area contributed by atoms with Gasteiger partial charge in [0, 0.05) is 24.0 Å². The van der Waals surface area contributed by atoms with Crippen molar-refractivity contribution >= 4 is 43.7 Å². The molecule has 3 aromatic carbocycles. The predicted molar refractivity (Wildman–Crippen MR) is 146 cm³/mol. The van der Waals surface area contributed by atoms with Gasteiger partial charge in [-0.2, -0.15) is 0 Å². The summed E-state index contributed by atoms with van der Waals surface area (Å²) in [5, 5.41) is 2.90. The Balaban J connectivity index is 1.89. The van der Waals surface area contributed by atoms with Crippen molar-refractivity contribution in [1.82, 2.24) is 10.2 Å². The maximum absolute atomic E-state index is 13.6. The molecule has 0 aliphatic heterocycles. The third-order valence-corrected chi connectivity index (χ3v) is 6.73. The van der Waals surface area contributed by atoms with E-state index in [-0.39, 0.29) is 25.0 Å². The lowest BCUT2D eigenvalue weighted by molar-refractivity contribution is -0.142. The van der Waals surface area contributed by atoms with Crippen molar-refractivity contribution in [2.45, 2.75) is 39.3 Å². The molecule has 0 aliphatic carbocycles. The monoisotopic (exact) mass is 600 g/mol. The van der Waals surface area contributed by atoms with Crippen LogP contribution in [0.5, 0.6) is 5.75 Å². The lowest BCUT2D eigenvalue weighted by Gasteiger charge is -2.31. The van der Waals surface area contributed by atoms with Gasteiger partial charge < -0.3 is 15.0 Å². The van der Waals surface area contributed by atoms with Crippen LogP contribution in [-0.2, 0) is 29.0 Å². The van der Waals surface area contributed by atoms with Crippen LogP contribution in [0, 0.1) is 0 Å². The second kappa shape index (κ2) is 13.4. The van der Waals surface area contributed by atoms with Crippen LogP contribution in [0.1, 0.15) is 30.5 Å². The minimum atomic E-state index is -0.682. The molecule has 0 heterocycles. The number of carbonyl (C=O) groups is 2. The second-order valence-corrected chi connectivity index (χ2v) is 9.93. The fourth-order valence-corrected chi connectivity index (χ4v) is 4.77. The zero-order valence-electron chi connectivity index (χ0n) is 20.0. The van der Waals surface area contributed by atoms with Crippen LogP contribution in [0.4, 0.5) is 0 Å². The topological polar surface area (TPSA) is 58.6 Å². The molecule has 0 saturated heterocycles.